The number of fused-ring (bicyclic) bond motifs is 1. The monoisotopic (exact) mass is 273 g/mol. The minimum absolute atomic E-state index is 0.159. The lowest BCUT2D eigenvalue weighted by Crippen LogP contribution is -2.29. The smallest absolute Gasteiger partial charge is 0.124 e. The minimum atomic E-state index is 0.159. The molecule has 0 aliphatic carbocycles. The van der Waals surface area contributed by atoms with E-state index in [2.05, 4.69) is 22.2 Å². The summed E-state index contributed by atoms with van der Waals surface area (Å²) in [7, 11) is 1.68. The number of aromatic nitrogens is 2. The lowest BCUT2D eigenvalue weighted by molar-refractivity contribution is 0.244. The molecule has 0 spiro atoms. The van der Waals surface area contributed by atoms with Gasteiger partial charge in [0.05, 0.1) is 19.8 Å². The Labute approximate surface area is 118 Å². The predicted molar refractivity (Wildman–Crippen MR) is 76.0 cm³/mol. The molecule has 2 unspecified atom stereocenters. The molecule has 1 aromatic carbocycles. The number of hydrogen-bond acceptors (Lipinski definition) is 4. The molecule has 0 bridgehead atoms. The lowest BCUT2D eigenvalue weighted by Gasteiger charge is -2.29. The molecule has 2 N–H and O–H groups in total. The largest absolute Gasteiger partial charge is 0.497 e. The van der Waals surface area contributed by atoms with E-state index in [1.165, 1.54) is 0 Å². The predicted octanol–water partition coefficient (Wildman–Crippen LogP) is 2.59. The summed E-state index contributed by atoms with van der Waals surface area (Å²) in [6, 6.07) is 6.35. The van der Waals surface area contributed by atoms with Crippen molar-refractivity contribution in [1.29, 1.82) is 0 Å². The van der Waals surface area contributed by atoms with Gasteiger partial charge in [0.2, 0.25) is 0 Å². The minimum Gasteiger partial charge on any atom is -0.497 e. The molecule has 2 atom stereocenters. The Hall–Kier alpha value is -2.01. The lowest BCUT2D eigenvalue weighted by atomic mass is 9.99. The van der Waals surface area contributed by atoms with Crippen molar-refractivity contribution in [2.75, 3.05) is 13.7 Å². The average Bonchev–Trinajstić information content (AvgIpc) is 3.01. The first-order valence-corrected chi connectivity index (χ1v) is 6.84. The van der Waals surface area contributed by atoms with E-state index in [-0.39, 0.29) is 12.1 Å². The molecule has 20 heavy (non-hydrogen) atoms. The summed E-state index contributed by atoms with van der Waals surface area (Å²) in [5.74, 6) is 2.73. The number of rotatable bonds is 4. The second-order valence-corrected chi connectivity index (χ2v) is 4.96. The van der Waals surface area contributed by atoms with Gasteiger partial charge in [-0.3, -0.25) is 0 Å². The topological polar surface area (TPSA) is 59.2 Å². The molecule has 0 saturated carbocycles. The van der Waals surface area contributed by atoms with Gasteiger partial charge in [-0.15, -0.1) is 0 Å². The zero-order valence-corrected chi connectivity index (χ0v) is 11.7. The van der Waals surface area contributed by atoms with Gasteiger partial charge in [-0.1, -0.05) is 0 Å². The van der Waals surface area contributed by atoms with Crippen LogP contribution < -0.4 is 14.8 Å². The van der Waals surface area contributed by atoms with E-state index in [0.717, 1.165) is 35.9 Å². The number of hydrogen-bond donors (Lipinski definition) is 2. The van der Waals surface area contributed by atoms with Crippen molar-refractivity contribution in [2.24, 2.45) is 0 Å². The van der Waals surface area contributed by atoms with Crippen LogP contribution in [-0.2, 0) is 0 Å². The van der Waals surface area contributed by atoms with Crippen LogP contribution in [0.4, 0.5) is 0 Å². The van der Waals surface area contributed by atoms with Gasteiger partial charge in [0.1, 0.15) is 17.3 Å². The van der Waals surface area contributed by atoms with Crippen molar-refractivity contribution in [3.63, 3.8) is 0 Å². The highest BCUT2D eigenvalue weighted by molar-refractivity contribution is 5.43. The summed E-state index contributed by atoms with van der Waals surface area (Å²) in [6.45, 7) is 2.83. The zero-order chi connectivity index (χ0) is 13.9. The van der Waals surface area contributed by atoms with Crippen LogP contribution in [0.15, 0.2) is 30.6 Å². The molecule has 0 radical (unpaired) electrons. The van der Waals surface area contributed by atoms with E-state index in [9.17, 15) is 0 Å². The van der Waals surface area contributed by atoms with Crippen LogP contribution in [0.5, 0.6) is 11.5 Å². The summed E-state index contributed by atoms with van der Waals surface area (Å²) in [4.78, 5) is 7.44. The number of ether oxygens (including phenoxy) is 2. The summed E-state index contributed by atoms with van der Waals surface area (Å²) in [5, 5.41) is 3.60. The van der Waals surface area contributed by atoms with Crippen LogP contribution in [0.2, 0.25) is 0 Å². The Morgan fingerprint density at radius 1 is 1.50 bits per heavy atom. The summed E-state index contributed by atoms with van der Waals surface area (Å²) in [6.07, 6.45) is 4.55. The fraction of sp³-hybridized carbons (Fsp3) is 0.400. The van der Waals surface area contributed by atoms with Gasteiger partial charge in [0.15, 0.2) is 0 Å². The summed E-state index contributed by atoms with van der Waals surface area (Å²) < 4.78 is 11.0. The molecule has 1 aliphatic heterocycles. The van der Waals surface area contributed by atoms with Gasteiger partial charge in [-0.05, 0) is 25.1 Å². The molecular formula is C15H19N3O2. The number of aromatic amines is 1. The number of H-pyrrole nitrogens is 1. The molecule has 3 rings (SSSR count). The first kappa shape index (κ1) is 13.0. The first-order chi connectivity index (χ1) is 9.78. The van der Waals surface area contributed by atoms with Crippen LogP contribution in [-0.4, -0.2) is 23.7 Å². The molecule has 1 aromatic heterocycles. The highest BCUT2D eigenvalue weighted by Crippen LogP contribution is 2.35. The maximum Gasteiger partial charge on any atom is 0.124 e. The highest BCUT2D eigenvalue weighted by atomic mass is 16.5. The fourth-order valence-corrected chi connectivity index (χ4v) is 2.57. The van der Waals surface area contributed by atoms with Crippen LogP contribution in [0.25, 0.3) is 0 Å². The maximum atomic E-state index is 5.71. The molecule has 2 heterocycles. The third-order valence-corrected chi connectivity index (χ3v) is 3.64. The third kappa shape index (κ3) is 2.49. The molecule has 5 nitrogen and oxygen atoms in total. The van der Waals surface area contributed by atoms with Gasteiger partial charge in [-0.2, -0.15) is 0 Å². The number of benzene rings is 1. The van der Waals surface area contributed by atoms with Gasteiger partial charge in [-0.25, -0.2) is 4.98 Å². The average molecular weight is 273 g/mol. The normalized spacial score (nSPS) is 19.0. The van der Waals surface area contributed by atoms with Crippen molar-refractivity contribution in [3.8, 4) is 11.5 Å². The van der Waals surface area contributed by atoms with E-state index in [0.29, 0.717) is 0 Å². The highest BCUT2D eigenvalue weighted by Gasteiger charge is 2.24. The molecule has 0 saturated heterocycles. The van der Waals surface area contributed by atoms with Gasteiger partial charge >= 0.3 is 0 Å². The molecule has 5 heteroatoms. The van der Waals surface area contributed by atoms with Crippen LogP contribution in [0.3, 0.4) is 0 Å². The standard InChI is InChI=1S/C15H19N3O2/c1-10(15-16-6-7-17-15)18-13-5-8-20-14-4-3-11(19-2)9-12(13)14/h3-4,6-7,9-10,13,18H,5,8H2,1-2H3,(H,16,17). The van der Waals surface area contributed by atoms with Crippen LogP contribution in [0, 0.1) is 0 Å². The Bertz CT molecular complexity index is 569. The quantitative estimate of drug-likeness (QED) is 0.899. The summed E-state index contributed by atoms with van der Waals surface area (Å²) >= 11 is 0. The molecule has 106 valence electrons. The fourth-order valence-electron chi connectivity index (χ4n) is 2.57. The second-order valence-electron chi connectivity index (χ2n) is 4.96. The van der Waals surface area contributed by atoms with E-state index in [4.69, 9.17) is 9.47 Å². The van der Waals surface area contributed by atoms with E-state index < -0.39 is 0 Å². The van der Waals surface area contributed by atoms with E-state index >= 15 is 0 Å². The Morgan fingerprint density at radius 2 is 2.40 bits per heavy atom. The molecular weight excluding hydrogens is 254 g/mol. The Morgan fingerprint density at radius 3 is 3.15 bits per heavy atom. The maximum absolute atomic E-state index is 5.71. The molecule has 1 aliphatic rings. The van der Waals surface area contributed by atoms with Crippen molar-refractivity contribution in [3.05, 3.63) is 42.0 Å². The third-order valence-electron chi connectivity index (χ3n) is 3.64. The van der Waals surface area contributed by atoms with E-state index in [1.807, 2.05) is 24.4 Å². The van der Waals surface area contributed by atoms with Crippen molar-refractivity contribution < 1.29 is 9.47 Å². The van der Waals surface area contributed by atoms with Crippen LogP contribution >= 0.6 is 0 Å². The number of imidazole rings is 1. The van der Waals surface area contributed by atoms with Gasteiger partial charge in [0, 0.05) is 30.4 Å². The number of methoxy groups -OCH3 is 1. The van der Waals surface area contributed by atoms with Crippen molar-refractivity contribution in [1.82, 2.24) is 15.3 Å². The number of nitrogens with one attached hydrogen (secondary N) is 2. The van der Waals surface area contributed by atoms with Crippen molar-refractivity contribution >= 4 is 0 Å². The van der Waals surface area contributed by atoms with Gasteiger partial charge < -0.3 is 19.8 Å². The van der Waals surface area contributed by atoms with Crippen molar-refractivity contribution in [2.45, 2.75) is 25.4 Å². The number of nitrogens with zero attached hydrogens (tertiary/aromatic N) is 1. The first-order valence-electron chi connectivity index (χ1n) is 6.84. The van der Waals surface area contributed by atoms with Gasteiger partial charge in [0.25, 0.3) is 0 Å². The summed E-state index contributed by atoms with van der Waals surface area (Å²) in [5.41, 5.74) is 1.15. The Balaban J connectivity index is 1.82. The second kappa shape index (κ2) is 5.54. The molecule has 2 aromatic rings. The molecule has 0 amide bonds. The van der Waals surface area contributed by atoms with E-state index in [1.54, 1.807) is 13.3 Å². The SMILES string of the molecule is COc1ccc2c(c1)C(NC(C)c1ncc[nH]1)CCO2. The zero-order valence-electron chi connectivity index (χ0n) is 11.7. The Kier molecular flexibility index (Phi) is 3.60. The van der Waals surface area contributed by atoms with Crippen LogP contribution in [0.1, 0.15) is 36.8 Å². The molecule has 0 fully saturated rings.